The summed E-state index contributed by atoms with van der Waals surface area (Å²) < 4.78 is 0.663. The summed E-state index contributed by atoms with van der Waals surface area (Å²) in [5.41, 5.74) is 2.44. The summed E-state index contributed by atoms with van der Waals surface area (Å²) in [7, 11) is 0. The molecule has 0 atom stereocenters. The molecule has 4 nitrogen and oxygen atoms in total. The van der Waals surface area contributed by atoms with Gasteiger partial charge >= 0.3 is 0 Å². The first-order valence-corrected chi connectivity index (χ1v) is 9.57. The molecule has 0 aliphatic carbocycles. The Labute approximate surface area is 172 Å². The van der Waals surface area contributed by atoms with Gasteiger partial charge in [-0.1, -0.05) is 72.8 Å². The minimum absolute atomic E-state index is 0.183. The molecule has 0 saturated heterocycles. The molecule has 0 saturated carbocycles. The second kappa shape index (κ2) is 9.67. The highest BCUT2D eigenvalue weighted by Crippen LogP contribution is 2.16. The van der Waals surface area contributed by atoms with Crippen molar-refractivity contribution in [1.82, 2.24) is 10.6 Å². The number of carbonyl (C=O) groups is 2. The quantitative estimate of drug-likeness (QED) is 0.559. The first-order valence-electron chi connectivity index (χ1n) is 8.78. The van der Waals surface area contributed by atoms with Gasteiger partial charge in [0.25, 0.3) is 11.8 Å². The van der Waals surface area contributed by atoms with Crippen LogP contribution >= 0.6 is 15.9 Å². The van der Waals surface area contributed by atoms with E-state index in [0.29, 0.717) is 16.6 Å². The van der Waals surface area contributed by atoms with Crippen molar-refractivity contribution in [2.24, 2.45) is 0 Å². The Morgan fingerprint density at radius 2 is 1.43 bits per heavy atom. The number of halogens is 1. The van der Waals surface area contributed by atoms with Gasteiger partial charge in [0, 0.05) is 11.0 Å². The average Bonchev–Trinajstić information content (AvgIpc) is 2.73. The molecule has 5 heteroatoms. The number of nitrogens with one attached hydrogen (secondary N) is 2. The fourth-order valence-corrected chi connectivity index (χ4v) is 3.05. The number of rotatable bonds is 6. The van der Waals surface area contributed by atoms with Crippen LogP contribution in [0.1, 0.15) is 21.5 Å². The number of amides is 2. The Balaban J connectivity index is 1.81. The van der Waals surface area contributed by atoms with Crippen molar-refractivity contribution < 1.29 is 9.59 Å². The van der Waals surface area contributed by atoms with Gasteiger partial charge in [0.15, 0.2) is 0 Å². The largest absolute Gasteiger partial charge is 0.347 e. The summed E-state index contributed by atoms with van der Waals surface area (Å²) in [6.07, 6.45) is 1.66. The highest BCUT2D eigenvalue weighted by atomic mass is 79.9. The molecule has 2 N–H and O–H groups in total. The average molecular weight is 435 g/mol. The fourth-order valence-electron chi connectivity index (χ4n) is 2.58. The predicted octanol–water partition coefficient (Wildman–Crippen LogP) is 4.54. The maximum absolute atomic E-state index is 12.8. The van der Waals surface area contributed by atoms with Gasteiger partial charge < -0.3 is 10.6 Å². The van der Waals surface area contributed by atoms with Crippen molar-refractivity contribution in [2.45, 2.75) is 6.54 Å². The third-order valence-corrected chi connectivity index (χ3v) is 4.71. The molecule has 0 aliphatic heterocycles. The van der Waals surface area contributed by atoms with E-state index in [1.165, 1.54) is 0 Å². The van der Waals surface area contributed by atoms with E-state index in [1.807, 2.05) is 66.7 Å². The third kappa shape index (κ3) is 5.41. The first-order chi connectivity index (χ1) is 13.6. The Morgan fingerprint density at radius 3 is 2.11 bits per heavy atom. The monoisotopic (exact) mass is 434 g/mol. The van der Waals surface area contributed by atoms with Crippen molar-refractivity contribution in [3.05, 3.63) is 112 Å². The van der Waals surface area contributed by atoms with Crippen molar-refractivity contribution >= 4 is 33.8 Å². The van der Waals surface area contributed by atoms with Crippen LogP contribution in [0.25, 0.3) is 6.08 Å². The van der Waals surface area contributed by atoms with Gasteiger partial charge in [0.1, 0.15) is 5.70 Å². The van der Waals surface area contributed by atoms with Crippen LogP contribution in [0.3, 0.4) is 0 Å². The standard InChI is InChI=1S/C23H19BrN2O2/c24-20-14-8-7-13-19(20)22(27)26-21(15-17-9-3-1-4-10-17)23(28)25-16-18-11-5-2-6-12-18/h1-15H,16H2,(H,25,28)(H,26,27). The van der Waals surface area contributed by atoms with Crippen LogP contribution in [0.15, 0.2) is 95.1 Å². The van der Waals surface area contributed by atoms with Crippen LogP contribution in [0.4, 0.5) is 0 Å². The van der Waals surface area contributed by atoms with Crippen molar-refractivity contribution in [1.29, 1.82) is 0 Å². The topological polar surface area (TPSA) is 58.2 Å². The van der Waals surface area contributed by atoms with Crippen molar-refractivity contribution in [3.8, 4) is 0 Å². The van der Waals surface area contributed by atoms with Gasteiger partial charge in [-0.25, -0.2) is 0 Å². The molecule has 3 aromatic carbocycles. The van der Waals surface area contributed by atoms with Gasteiger partial charge in [-0.15, -0.1) is 0 Å². The van der Waals surface area contributed by atoms with Crippen LogP contribution in [0.2, 0.25) is 0 Å². The molecule has 2 amide bonds. The molecule has 0 spiro atoms. The Morgan fingerprint density at radius 1 is 0.821 bits per heavy atom. The number of benzene rings is 3. The molecule has 28 heavy (non-hydrogen) atoms. The smallest absolute Gasteiger partial charge is 0.268 e. The van der Waals surface area contributed by atoms with Gasteiger partial charge in [-0.2, -0.15) is 0 Å². The SMILES string of the molecule is O=C(NCc1ccccc1)C(=Cc1ccccc1)NC(=O)c1ccccc1Br. The minimum atomic E-state index is -0.357. The summed E-state index contributed by atoms with van der Waals surface area (Å²) in [5, 5.41) is 5.60. The molecule has 0 heterocycles. The van der Waals surface area contributed by atoms with E-state index in [0.717, 1.165) is 11.1 Å². The number of hydrogen-bond donors (Lipinski definition) is 2. The fraction of sp³-hybridized carbons (Fsp3) is 0.0435. The lowest BCUT2D eigenvalue weighted by Gasteiger charge is -2.12. The Bertz CT molecular complexity index is 986. The second-order valence-corrected chi connectivity index (χ2v) is 6.93. The normalized spacial score (nSPS) is 11.0. The molecule has 0 unspecified atom stereocenters. The minimum Gasteiger partial charge on any atom is -0.347 e. The molecular weight excluding hydrogens is 416 g/mol. The molecule has 3 aromatic rings. The first kappa shape index (κ1) is 19.6. The van der Waals surface area contributed by atoms with E-state index in [4.69, 9.17) is 0 Å². The van der Waals surface area contributed by atoms with Gasteiger partial charge in [-0.05, 0) is 45.3 Å². The van der Waals surface area contributed by atoms with E-state index in [-0.39, 0.29) is 17.5 Å². The zero-order valence-corrected chi connectivity index (χ0v) is 16.6. The summed E-state index contributed by atoms with van der Waals surface area (Å²) in [6.45, 7) is 0.372. The van der Waals surface area contributed by atoms with Crippen LogP contribution in [0.5, 0.6) is 0 Å². The molecule has 3 rings (SSSR count). The van der Waals surface area contributed by atoms with Crippen LogP contribution in [0, 0.1) is 0 Å². The summed E-state index contributed by atoms with van der Waals surface area (Å²) in [6, 6.07) is 26.1. The summed E-state index contributed by atoms with van der Waals surface area (Å²) in [5.74, 6) is -0.711. The maximum Gasteiger partial charge on any atom is 0.268 e. The van der Waals surface area contributed by atoms with E-state index >= 15 is 0 Å². The molecule has 0 bridgehead atoms. The van der Waals surface area contributed by atoms with E-state index in [2.05, 4.69) is 26.6 Å². The highest BCUT2D eigenvalue weighted by molar-refractivity contribution is 9.10. The summed E-state index contributed by atoms with van der Waals surface area (Å²) >= 11 is 3.37. The molecule has 140 valence electrons. The molecule has 0 radical (unpaired) electrons. The zero-order valence-electron chi connectivity index (χ0n) is 15.1. The Kier molecular flexibility index (Phi) is 6.76. The van der Waals surface area contributed by atoms with Crippen LogP contribution in [-0.2, 0) is 11.3 Å². The van der Waals surface area contributed by atoms with Crippen LogP contribution in [-0.4, -0.2) is 11.8 Å². The summed E-state index contributed by atoms with van der Waals surface area (Å²) in [4.78, 5) is 25.4. The molecular formula is C23H19BrN2O2. The van der Waals surface area contributed by atoms with E-state index in [1.54, 1.807) is 24.3 Å². The lowest BCUT2D eigenvalue weighted by Crippen LogP contribution is -2.34. The highest BCUT2D eigenvalue weighted by Gasteiger charge is 2.16. The van der Waals surface area contributed by atoms with Gasteiger partial charge in [0.2, 0.25) is 0 Å². The van der Waals surface area contributed by atoms with Gasteiger partial charge in [0.05, 0.1) is 5.56 Å². The zero-order chi connectivity index (χ0) is 19.8. The number of carbonyl (C=O) groups excluding carboxylic acids is 2. The lowest BCUT2D eigenvalue weighted by atomic mass is 10.1. The third-order valence-electron chi connectivity index (χ3n) is 4.02. The van der Waals surface area contributed by atoms with Crippen molar-refractivity contribution in [3.63, 3.8) is 0 Å². The van der Waals surface area contributed by atoms with Gasteiger partial charge in [-0.3, -0.25) is 9.59 Å². The van der Waals surface area contributed by atoms with E-state index in [9.17, 15) is 9.59 Å². The van der Waals surface area contributed by atoms with Crippen molar-refractivity contribution in [2.75, 3.05) is 0 Å². The lowest BCUT2D eigenvalue weighted by molar-refractivity contribution is -0.117. The maximum atomic E-state index is 12.8. The Hall–Kier alpha value is -3.18. The predicted molar refractivity (Wildman–Crippen MR) is 114 cm³/mol. The van der Waals surface area contributed by atoms with Crippen LogP contribution < -0.4 is 10.6 Å². The molecule has 0 aromatic heterocycles. The van der Waals surface area contributed by atoms with E-state index < -0.39 is 0 Å². The molecule has 0 fully saturated rings. The second-order valence-electron chi connectivity index (χ2n) is 6.07. The molecule has 0 aliphatic rings. The number of hydrogen-bond acceptors (Lipinski definition) is 2.